The van der Waals surface area contributed by atoms with Crippen molar-refractivity contribution in [2.75, 3.05) is 13.2 Å². The predicted octanol–water partition coefficient (Wildman–Crippen LogP) is 15.0. The number of aliphatic carboxylic acids is 1. The Morgan fingerprint density at radius 1 is 0.466 bits per heavy atom. The van der Waals surface area contributed by atoms with Crippen LogP contribution >= 0.6 is 0 Å². The Kier molecular flexibility index (Phi) is 45.9. The van der Waals surface area contributed by atoms with E-state index >= 15 is 0 Å². The highest BCUT2D eigenvalue weighted by Crippen LogP contribution is 2.26. The van der Waals surface area contributed by atoms with Gasteiger partial charge < -0.3 is 39.0 Å². The van der Waals surface area contributed by atoms with Gasteiger partial charge in [-0.2, -0.15) is 0 Å². The molecule has 0 aromatic rings. The summed E-state index contributed by atoms with van der Waals surface area (Å²) in [5, 5.41) is 31.4. The maximum Gasteiger partial charge on any atom is 0.335 e. The molecule has 6 atom stereocenters. The van der Waals surface area contributed by atoms with E-state index in [1.807, 2.05) is 0 Å². The summed E-state index contributed by atoms with van der Waals surface area (Å²) in [7, 11) is 0. The van der Waals surface area contributed by atoms with Gasteiger partial charge in [0.1, 0.15) is 18.8 Å². The molecule has 12 nitrogen and oxygen atoms in total. The number of allylic oxidation sites excluding steroid dienone is 8. The van der Waals surface area contributed by atoms with E-state index in [0.717, 1.165) is 103 Å². The Hall–Kier alpha value is -3.32. The van der Waals surface area contributed by atoms with E-state index in [2.05, 4.69) is 69.4 Å². The maximum atomic E-state index is 13.1. The number of esters is 3. The molecule has 0 bridgehead atoms. The van der Waals surface area contributed by atoms with Crippen LogP contribution < -0.4 is 0 Å². The molecule has 0 spiro atoms. The number of aliphatic hydroxyl groups is 2. The molecule has 6 unspecified atom stereocenters. The van der Waals surface area contributed by atoms with Crippen molar-refractivity contribution in [3.05, 3.63) is 48.6 Å². The molecule has 0 aromatic carbocycles. The van der Waals surface area contributed by atoms with E-state index in [1.165, 1.54) is 103 Å². The zero-order valence-corrected chi connectivity index (χ0v) is 46.4. The molecule has 1 aliphatic rings. The van der Waals surface area contributed by atoms with E-state index in [4.69, 9.17) is 23.7 Å². The lowest BCUT2D eigenvalue weighted by Crippen LogP contribution is -2.61. The second-order valence-corrected chi connectivity index (χ2v) is 20.3. The van der Waals surface area contributed by atoms with Crippen LogP contribution in [0.1, 0.15) is 265 Å². The zero-order valence-electron chi connectivity index (χ0n) is 46.4. The number of carbonyl (C=O) groups is 4. The largest absolute Gasteiger partial charge is 0.479 e. The lowest BCUT2D eigenvalue weighted by Gasteiger charge is -2.40. The van der Waals surface area contributed by atoms with Gasteiger partial charge in [-0.05, 0) is 77.0 Å². The standard InChI is InChI=1S/C61H106O12/c1-4-7-10-13-16-19-21-23-25-26-27-28-30-32-34-37-40-43-46-49-55(64)72-59-57(66)56(65)58(60(67)68)73-61(59)70-51-52(71-54(63)48-45-42-39-35-18-15-12-9-6-3)50-69-53(62)47-44-41-38-36-33-31-29-24-22-20-17-14-11-8-5-2/h8,11,17,20,23-25,29,52,56-59,61,65-66H,4-7,9-10,12-16,18-19,21-22,26-28,30-51H2,1-3H3,(H,67,68)/b11-8-,20-17-,25-23-,29-24-. The van der Waals surface area contributed by atoms with Gasteiger partial charge in [0.25, 0.3) is 0 Å². The van der Waals surface area contributed by atoms with E-state index < -0.39 is 67.3 Å². The second kappa shape index (κ2) is 49.6. The molecule has 0 saturated carbocycles. The topological polar surface area (TPSA) is 175 Å². The quantitative estimate of drug-likeness (QED) is 0.0228. The summed E-state index contributed by atoms with van der Waals surface area (Å²) >= 11 is 0. The van der Waals surface area contributed by atoms with E-state index in [1.54, 1.807) is 0 Å². The Balaban J connectivity index is 2.63. The number of hydrogen-bond donors (Lipinski definition) is 3. The molecule has 12 heteroatoms. The third kappa shape index (κ3) is 39.7. The molecule has 1 heterocycles. The Morgan fingerprint density at radius 2 is 0.863 bits per heavy atom. The van der Waals surface area contributed by atoms with Gasteiger partial charge in [-0.1, -0.05) is 217 Å². The number of ether oxygens (including phenoxy) is 5. The minimum absolute atomic E-state index is 0.0585. The van der Waals surface area contributed by atoms with Crippen molar-refractivity contribution >= 4 is 23.9 Å². The molecule has 0 amide bonds. The normalized spacial score (nSPS) is 18.6. The van der Waals surface area contributed by atoms with Crippen molar-refractivity contribution in [1.29, 1.82) is 0 Å². The van der Waals surface area contributed by atoms with Crippen LogP contribution in [-0.4, -0.2) is 89.2 Å². The molecule has 0 aliphatic carbocycles. The van der Waals surface area contributed by atoms with Crippen molar-refractivity contribution in [3.63, 3.8) is 0 Å². The van der Waals surface area contributed by atoms with Gasteiger partial charge in [0.2, 0.25) is 0 Å². The van der Waals surface area contributed by atoms with Crippen LogP contribution in [0, 0.1) is 0 Å². The number of aliphatic hydroxyl groups excluding tert-OH is 2. The first-order valence-electron chi connectivity index (χ1n) is 29.6. The summed E-state index contributed by atoms with van der Waals surface area (Å²) in [6.45, 7) is 5.85. The third-order valence-corrected chi connectivity index (χ3v) is 13.4. The molecule has 0 radical (unpaired) electrons. The van der Waals surface area contributed by atoms with Gasteiger partial charge in [0.15, 0.2) is 24.6 Å². The Morgan fingerprint density at radius 3 is 1.33 bits per heavy atom. The average Bonchev–Trinajstić information content (AvgIpc) is 3.37. The van der Waals surface area contributed by atoms with Crippen LogP contribution in [0.4, 0.5) is 0 Å². The lowest BCUT2D eigenvalue weighted by molar-refractivity contribution is -0.301. The Bertz CT molecular complexity index is 1460. The molecular weight excluding hydrogens is 925 g/mol. The zero-order chi connectivity index (χ0) is 53.3. The smallest absolute Gasteiger partial charge is 0.335 e. The number of unbranched alkanes of at least 4 members (excludes halogenated alkanes) is 28. The van der Waals surface area contributed by atoms with Gasteiger partial charge in [-0.25, -0.2) is 4.79 Å². The lowest BCUT2D eigenvalue weighted by atomic mass is 9.98. The van der Waals surface area contributed by atoms with Crippen molar-refractivity contribution in [2.45, 2.75) is 302 Å². The highest BCUT2D eigenvalue weighted by molar-refractivity contribution is 5.74. The Labute approximate surface area is 443 Å². The van der Waals surface area contributed by atoms with Crippen molar-refractivity contribution < 1.29 is 58.2 Å². The van der Waals surface area contributed by atoms with E-state index in [-0.39, 0.29) is 25.9 Å². The van der Waals surface area contributed by atoms with Crippen LogP contribution in [0.2, 0.25) is 0 Å². The summed E-state index contributed by atoms with van der Waals surface area (Å²) in [6, 6.07) is 0. The molecule has 1 saturated heterocycles. The summed E-state index contributed by atoms with van der Waals surface area (Å²) in [5.74, 6) is -3.13. The van der Waals surface area contributed by atoms with Gasteiger partial charge in [-0.3, -0.25) is 14.4 Å². The van der Waals surface area contributed by atoms with E-state index in [9.17, 15) is 34.5 Å². The van der Waals surface area contributed by atoms with E-state index in [0.29, 0.717) is 19.3 Å². The fraction of sp³-hybridized carbons (Fsp3) is 0.803. The first kappa shape index (κ1) is 67.7. The van der Waals surface area contributed by atoms with Crippen LogP contribution in [0.3, 0.4) is 0 Å². The van der Waals surface area contributed by atoms with Crippen molar-refractivity contribution in [2.24, 2.45) is 0 Å². The van der Waals surface area contributed by atoms with Crippen molar-refractivity contribution in [3.8, 4) is 0 Å². The number of carboxylic acid groups (broad SMARTS) is 1. The molecular formula is C61H106O12. The van der Waals surface area contributed by atoms with Crippen LogP contribution in [-0.2, 0) is 42.9 Å². The SMILES string of the molecule is CC/C=C\C/C=C\C/C=C\CCCCCCCC(=O)OCC(COC1OC(C(=O)O)C(O)C(O)C1OC(=O)CCCCCCCCCCC/C=C\CCCCCCCC)OC(=O)CCCCCCCCCCC. The number of rotatable bonds is 50. The molecule has 3 N–H and O–H groups in total. The monoisotopic (exact) mass is 1030 g/mol. The van der Waals surface area contributed by atoms with Crippen LogP contribution in [0.5, 0.6) is 0 Å². The predicted molar refractivity (Wildman–Crippen MR) is 294 cm³/mol. The van der Waals surface area contributed by atoms with Gasteiger partial charge in [0.05, 0.1) is 6.61 Å². The second-order valence-electron chi connectivity index (χ2n) is 20.3. The maximum absolute atomic E-state index is 13.1. The van der Waals surface area contributed by atoms with Crippen molar-refractivity contribution in [1.82, 2.24) is 0 Å². The van der Waals surface area contributed by atoms with Crippen LogP contribution in [0.15, 0.2) is 48.6 Å². The highest BCUT2D eigenvalue weighted by atomic mass is 16.7. The van der Waals surface area contributed by atoms with Gasteiger partial charge in [-0.15, -0.1) is 0 Å². The first-order valence-corrected chi connectivity index (χ1v) is 29.6. The molecule has 1 fully saturated rings. The van der Waals surface area contributed by atoms with Crippen LogP contribution in [0.25, 0.3) is 0 Å². The number of carboxylic acids is 1. The molecule has 422 valence electrons. The summed E-state index contributed by atoms with van der Waals surface area (Å²) in [6.07, 6.45) is 46.7. The molecule has 73 heavy (non-hydrogen) atoms. The number of hydrogen-bond acceptors (Lipinski definition) is 11. The minimum atomic E-state index is -1.90. The molecule has 1 rings (SSSR count). The molecule has 1 aliphatic heterocycles. The fourth-order valence-electron chi connectivity index (χ4n) is 8.85. The van der Waals surface area contributed by atoms with Gasteiger partial charge in [0, 0.05) is 19.3 Å². The summed E-state index contributed by atoms with van der Waals surface area (Å²) in [4.78, 5) is 51.0. The van der Waals surface area contributed by atoms with Gasteiger partial charge >= 0.3 is 23.9 Å². The fourth-order valence-corrected chi connectivity index (χ4v) is 8.85. The third-order valence-electron chi connectivity index (χ3n) is 13.4. The summed E-state index contributed by atoms with van der Waals surface area (Å²) in [5.41, 5.74) is 0. The number of carbonyl (C=O) groups excluding carboxylic acids is 3. The average molecular weight is 1030 g/mol. The first-order chi connectivity index (χ1) is 35.6. The molecule has 0 aromatic heterocycles. The summed E-state index contributed by atoms with van der Waals surface area (Å²) < 4.78 is 28.4. The minimum Gasteiger partial charge on any atom is -0.479 e. The highest BCUT2D eigenvalue weighted by Gasteiger charge is 2.50.